The summed E-state index contributed by atoms with van der Waals surface area (Å²) in [6.07, 6.45) is 12.9. The summed E-state index contributed by atoms with van der Waals surface area (Å²) < 4.78 is 5.95. The van der Waals surface area contributed by atoms with E-state index in [0.717, 1.165) is 57.8 Å². The molecule has 4 aliphatic carbocycles. The van der Waals surface area contributed by atoms with Gasteiger partial charge in [-0.25, -0.2) is 4.79 Å². The number of fused-ring (bicyclic) bond motifs is 5. The molecule has 4 fully saturated rings. The summed E-state index contributed by atoms with van der Waals surface area (Å²) in [5.74, 6) is 0.684. The van der Waals surface area contributed by atoms with Crippen LogP contribution in [-0.4, -0.2) is 51.7 Å². The molecule has 1 amide bonds. The van der Waals surface area contributed by atoms with Crippen LogP contribution in [0.15, 0.2) is 0 Å². The van der Waals surface area contributed by atoms with Crippen molar-refractivity contribution in [2.45, 2.75) is 163 Å². The number of carbonyl (C=O) groups is 2. The quantitative estimate of drug-likeness (QED) is 0.201. The van der Waals surface area contributed by atoms with E-state index in [1.54, 1.807) is 0 Å². The van der Waals surface area contributed by atoms with Crippen molar-refractivity contribution in [3.05, 3.63) is 0 Å². The molecular weight excluding hydrogens is 530 g/mol. The zero-order valence-electron chi connectivity index (χ0n) is 28.2. The number of hydrogen-bond donors (Lipinski definition) is 4. The zero-order valence-corrected chi connectivity index (χ0v) is 28.2. The molecule has 7 unspecified atom stereocenters. The number of hydrogen-bond acceptors (Lipinski definition) is 5. The highest BCUT2D eigenvalue weighted by atomic mass is 16.6. The molecule has 7 nitrogen and oxygen atoms in total. The van der Waals surface area contributed by atoms with E-state index in [1.165, 1.54) is 25.7 Å². The van der Waals surface area contributed by atoms with Crippen molar-refractivity contribution in [2.75, 3.05) is 6.54 Å². The van der Waals surface area contributed by atoms with Gasteiger partial charge < -0.3 is 25.4 Å². The first-order chi connectivity index (χ1) is 19.8. The Morgan fingerprint density at radius 3 is 2.14 bits per heavy atom. The maximum atomic E-state index is 12.6. The molecule has 0 saturated heterocycles. The SMILES string of the molecule is CC.CCC.CCCCCC[C@](C)(O)C1CCC2C3C[C@H](OC(=O)NCC(=O)O)C4CC(O)CCC4(C)[C@H]3CCC21C. The van der Waals surface area contributed by atoms with Gasteiger partial charge in [0.05, 0.1) is 11.7 Å². The average molecular weight is 596 g/mol. The van der Waals surface area contributed by atoms with E-state index in [4.69, 9.17) is 9.84 Å². The van der Waals surface area contributed by atoms with Crippen LogP contribution in [0.2, 0.25) is 0 Å². The van der Waals surface area contributed by atoms with Crippen LogP contribution in [0.4, 0.5) is 4.79 Å². The van der Waals surface area contributed by atoms with Gasteiger partial charge in [-0.05, 0) is 99.2 Å². The highest BCUT2D eigenvalue weighted by Gasteiger charge is 2.64. The second-order valence-electron chi connectivity index (χ2n) is 14.4. The van der Waals surface area contributed by atoms with Gasteiger partial charge in [-0.1, -0.05) is 80.6 Å². The van der Waals surface area contributed by atoms with Crippen molar-refractivity contribution in [3.63, 3.8) is 0 Å². The van der Waals surface area contributed by atoms with E-state index in [1.807, 2.05) is 13.8 Å². The molecule has 4 rings (SSSR count). The minimum atomic E-state index is -1.10. The number of carbonyl (C=O) groups excluding carboxylic acids is 1. The predicted molar refractivity (Wildman–Crippen MR) is 169 cm³/mol. The van der Waals surface area contributed by atoms with Crippen molar-refractivity contribution in [1.29, 1.82) is 0 Å². The molecule has 0 spiro atoms. The molecule has 10 atom stereocenters. The maximum Gasteiger partial charge on any atom is 0.407 e. The van der Waals surface area contributed by atoms with Gasteiger partial charge in [0.15, 0.2) is 0 Å². The summed E-state index contributed by atoms with van der Waals surface area (Å²) in [5, 5.41) is 33.6. The van der Waals surface area contributed by atoms with E-state index in [9.17, 15) is 19.8 Å². The largest absolute Gasteiger partial charge is 0.480 e. The standard InChI is InChI=1S/C30H51NO6.C3H8.C2H6/c1-5-6-7-8-13-30(4,36)25-10-9-21-20-17-24(37-27(35)31-18-26(33)34)23-16-19(32)11-14-28(23,2)22(20)12-15-29(21,25)3;1-3-2;1-2/h19-25,32,36H,5-18H2,1-4H3,(H,31,35)(H,33,34);3H2,1-2H3;1-2H3/t19?,20?,21?,22-,23?,24-,25?,28?,29?,30-;;/m0../s1. The number of unbranched alkanes of at least 4 members (excludes halogenated alkanes) is 3. The van der Waals surface area contributed by atoms with Crippen LogP contribution in [-0.2, 0) is 9.53 Å². The Bertz CT molecular complexity index is 847. The lowest BCUT2D eigenvalue weighted by Gasteiger charge is -2.62. The van der Waals surface area contributed by atoms with Crippen LogP contribution in [0.3, 0.4) is 0 Å². The van der Waals surface area contributed by atoms with E-state index in [2.05, 4.69) is 46.9 Å². The van der Waals surface area contributed by atoms with Crippen LogP contribution in [0.25, 0.3) is 0 Å². The lowest BCUT2D eigenvalue weighted by molar-refractivity contribution is -0.179. The molecule has 42 heavy (non-hydrogen) atoms. The van der Waals surface area contributed by atoms with Gasteiger partial charge >= 0.3 is 12.1 Å². The molecule has 0 aromatic rings. The summed E-state index contributed by atoms with van der Waals surface area (Å²) >= 11 is 0. The van der Waals surface area contributed by atoms with Gasteiger partial charge in [0, 0.05) is 5.92 Å². The van der Waals surface area contributed by atoms with Crippen LogP contribution < -0.4 is 5.32 Å². The number of aliphatic hydroxyl groups is 2. The second-order valence-corrected chi connectivity index (χ2v) is 14.4. The smallest absolute Gasteiger partial charge is 0.407 e. The first-order valence-corrected chi connectivity index (χ1v) is 17.4. The number of carboxylic acid groups (broad SMARTS) is 1. The normalized spacial score (nSPS) is 38.1. The fourth-order valence-electron chi connectivity index (χ4n) is 9.81. The van der Waals surface area contributed by atoms with Crippen LogP contribution in [0.1, 0.15) is 145 Å². The Morgan fingerprint density at radius 2 is 1.52 bits per heavy atom. The number of ether oxygens (including phenoxy) is 1. The fourth-order valence-corrected chi connectivity index (χ4v) is 9.81. The van der Waals surface area contributed by atoms with Crippen molar-refractivity contribution in [2.24, 2.45) is 40.4 Å². The Labute approximate surface area is 257 Å². The zero-order chi connectivity index (χ0) is 31.7. The van der Waals surface area contributed by atoms with E-state index >= 15 is 0 Å². The molecule has 0 aromatic carbocycles. The Kier molecular flexibility index (Phi) is 14.1. The minimum Gasteiger partial charge on any atom is -0.480 e. The molecule has 0 radical (unpaired) electrons. The van der Waals surface area contributed by atoms with Crippen molar-refractivity contribution in [3.8, 4) is 0 Å². The topological polar surface area (TPSA) is 116 Å². The third kappa shape index (κ3) is 8.22. The Balaban J connectivity index is 0.00000116. The highest BCUT2D eigenvalue weighted by molar-refractivity contribution is 5.76. The maximum absolute atomic E-state index is 12.6. The molecule has 4 aliphatic rings. The van der Waals surface area contributed by atoms with Gasteiger partial charge in [0.25, 0.3) is 0 Å². The molecule has 7 heteroatoms. The molecule has 0 aliphatic heterocycles. The van der Waals surface area contributed by atoms with Crippen LogP contribution in [0.5, 0.6) is 0 Å². The lowest BCUT2D eigenvalue weighted by Crippen LogP contribution is -2.60. The third-order valence-corrected chi connectivity index (χ3v) is 11.6. The number of amides is 1. The van der Waals surface area contributed by atoms with Crippen molar-refractivity contribution < 1.29 is 29.6 Å². The molecule has 4 N–H and O–H groups in total. The number of aliphatic carboxylic acids is 1. The van der Waals surface area contributed by atoms with Crippen molar-refractivity contribution in [1.82, 2.24) is 5.32 Å². The van der Waals surface area contributed by atoms with Crippen LogP contribution >= 0.6 is 0 Å². The summed E-state index contributed by atoms with van der Waals surface area (Å²) in [4.78, 5) is 23.5. The van der Waals surface area contributed by atoms with E-state index in [0.29, 0.717) is 24.2 Å². The monoisotopic (exact) mass is 595 g/mol. The Hall–Kier alpha value is -1.34. The molecule has 0 bridgehead atoms. The molecular formula is C35H65NO6. The van der Waals surface area contributed by atoms with Gasteiger partial charge in [-0.15, -0.1) is 0 Å². The number of nitrogens with one attached hydrogen (secondary N) is 1. The first-order valence-electron chi connectivity index (χ1n) is 17.4. The molecule has 0 heterocycles. The van der Waals surface area contributed by atoms with Crippen LogP contribution in [0, 0.1) is 40.4 Å². The average Bonchev–Trinajstić information content (AvgIpc) is 3.31. The van der Waals surface area contributed by atoms with E-state index < -0.39 is 24.2 Å². The van der Waals surface area contributed by atoms with Gasteiger partial charge in [-0.2, -0.15) is 0 Å². The predicted octanol–water partition coefficient (Wildman–Crippen LogP) is 7.96. The Morgan fingerprint density at radius 1 is 0.905 bits per heavy atom. The minimum absolute atomic E-state index is 0.0119. The second kappa shape index (κ2) is 16.1. The van der Waals surface area contributed by atoms with Gasteiger partial charge in [0.2, 0.25) is 0 Å². The fraction of sp³-hybridized carbons (Fsp3) is 0.943. The molecule has 246 valence electrons. The lowest BCUT2D eigenvalue weighted by atomic mass is 9.43. The summed E-state index contributed by atoms with van der Waals surface area (Å²) in [5.41, 5.74) is -0.600. The molecule has 4 saturated carbocycles. The number of alkyl carbamates (subject to hydrolysis) is 1. The highest BCUT2D eigenvalue weighted by Crippen LogP contribution is 2.69. The third-order valence-electron chi connectivity index (χ3n) is 11.6. The summed E-state index contributed by atoms with van der Waals surface area (Å²) in [7, 11) is 0. The number of carboxylic acids is 1. The number of rotatable bonds is 9. The van der Waals surface area contributed by atoms with Crippen molar-refractivity contribution >= 4 is 12.1 Å². The van der Waals surface area contributed by atoms with Gasteiger partial charge in [0.1, 0.15) is 12.6 Å². The summed E-state index contributed by atoms with van der Waals surface area (Å²) in [6, 6.07) is 0. The summed E-state index contributed by atoms with van der Waals surface area (Å²) in [6.45, 7) is 16.8. The van der Waals surface area contributed by atoms with Gasteiger partial charge in [-0.3, -0.25) is 4.79 Å². The molecule has 0 aromatic heterocycles. The first kappa shape index (κ1) is 36.8. The number of aliphatic hydroxyl groups excluding tert-OH is 1. The van der Waals surface area contributed by atoms with E-state index in [-0.39, 0.29) is 34.9 Å².